The molecule has 2 atom stereocenters. The molecule has 20 heavy (non-hydrogen) atoms. The largest absolute Gasteiger partial charge is 0.360 e. The van der Waals surface area contributed by atoms with Crippen LogP contribution in [-0.2, 0) is 13.1 Å². The van der Waals surface area contributed by atoms with Gasteiger partial charge in [0.25, 0.3) is 0 Å². The van der Waals surface area contributed by atoms with Crippen LogP contribution in [0.25, 0.3) is 0 Å². The van der Waals surface area contributed by atoms with E-state index in [0.717, 1.165) is 42.9 Å². The SMILES string of the molecule is CC(C)CNCc1cc(CN2CC(C)CC(C)C2)on1. The van der Waals surface area contributed by atoms with Gasteiger partial charge in [-0.2, -0.15) is 0 Å². The van der Waals surface area contributed by atoms with E-state index in [9.17, 15) is 0 Å². The molecule has 1 fully saturated rings. The molecule has 1 saturated heterocycles. The molecular weight excluding hydrogens is 250 g/mol. The minimum absolute atomic E-state index is 0.665. The van der Waals surface area contributed by atoms with Gasteiger partial charge >= 0.3 is 0 Å². The lowest BCUT2D eigenvalue weighted by atomic mass is 9.92. The highest BCUT2D eigenvalue weighted by molar-refractivity contribution is 5.05. The van der Waals surface area contributed by atoms with Gasteiger partial charge in [0.1, 0.15) is 0 Å². The minimum Gasteiger partial charge on any atom is -0.360 e. The van der Waals surface area contributed by atoms with Gasteiger partial charge in [0.05, 0.1) is 12.2 Å². The van der Waals surface area contributed by atoms with E-state index in [-0.39, 0.29) is 0 Å². The fraction of sp³-hybridized carbons (Fsp3) is 0.812. The van der Waals surface area contributed by atoms with Crippen LogP contribution in [0, 0.1) is 17.8 Å². The molecule has 0 aromatic carbocycles. The standard InChI is InChI=1S/C16H29N3O/c1-12(2)7-17-8-15-6-16(20-18-15)11-19-9-13(3)5-14(4)10-19/h6,12-14,17H,5,7-11H2,1-4H3. The topological polar surface area (TPSA) is 41.3 Å². The molecule has 1 aromatic heterocycles. The molecule has 1 aromatic rings. The van der Waals surface area contributed by atoms with Crippen LogP contribution in [0.2, 0.25) is 0 Å². The van der Waals surface area contributed by atoms with Gasteiger partial charge in [-0.1, -0.05) is 32.9 Å². The van der Waals surface area contributed by atoms with E-state index in [1.54, 1.807) is 0 Å². The lowest BCUT2D eigenvalue weighted by molar-refractivity contribution is 0.123. The van der Waals surface area contributed by atoms with Crippen LogP contribution in [0.3, 0.4) is 0 Å². The summed E-state index contributed by atoms with van der Waals surface area (Å²) in [7, 11) is 0. The minimum atomic E-state index is 0.665. The molecule has 2 heterocycles. The fourth-order valence-corrected chi connectivity index (χ4v) is 3.14. The smallest absolute Gasteiger partial charge is 0.151 e. The van der Waals surface area contributed by atoms with Crippen molar-refractivity contribution in [2.75, 3.05) is 19.6 Å². The molecule has 1 aliphatic heterocycles. The first-order valence-electron chi connectivity index (χ1n) is 7.90. The molecule has 114 valence electrons. The molecule has 4 nitrogen and oxygen atoms in total. The molecule has 2 rings (SSSR count). The van der Waals surface area contributed by atoms with Crippen LogP contribution in [0.5, 0.6) is 0 Å². The molecule has 1 N–H and O–H groups in total. The van der Waals surface area contributed by atoms with E-state index in [1.165, 1.54) is 19.5 Å². The molecule has 4 heteroatoms. The summed E-state index contributed by atoms with van der Waals surface area (Å²) in [5.41, 5.74) is 1.01. The Morgan fingerprint density at radius 3 is 2.70 bits per heavy atom. The molecule has 0 amide bonds. The number of likely N-dealkylation sites (tertiary alicyclic amines) is 1. The zero-order valence-corrected chi connectivity index (χ0v) is 13.4. The average molecular weight is 279 g/mol. The number of piperidine rings is 1. The van der Waals surface area contributed by atoms with Crippen molar-refractivity contribution in [3.8, 4) is 0 Å². The van der Waals surface area contributed by atoms with Crippen LogP contribution in [0.15, 0.2) is 10.6 Å². The van der Waals surface area contributed by atoms with Gasteiger partial charge in [-0.05, 0) is 30.7 Å². The average Bonchev–Trinajstić information content (AvgIpc) is 2.74. The highest BCUT2D eigenvalue weighted by Crippen LogP contribution is 2.22. The number of aromatic nitrogens is 1. The number of hydrogen-bond acceptors (Lipinski definition) is 4. The van der Waals surface area contributed by atoms with Crippen molar-refractivity contribution in [2.45, 2.75) is 47.2 Å². The molecule has 0 bridgehead atoms. The van der Waals surface area contributed by atoms with E-state index >= 15 is 0 Å². The summed E-state index contributed by atoms with van der Waals surface area (Å²) >= 11 is 0. The van der Waals surface area contributed by atoms with Crippen molar-refractivity contribution in [2.24, 2.45) is 17.8 Å². The van der Waals surface area contributed by atoms with Gasteiger partial charge in [-0.15, -0.1) is 0 Å². The Morgan fingerprint density at radius 2 is 2.05 bits per heavy atom. The third-order valence-corrected chi connectivity index (χ3v) is 3.79. The Bertz CT molecular complexity index is 392. The predicted molar refractivity (Wildman–Crippen MR) is 81.3 cm³/mol. The first-order valence-corrected chi connectivity index (χ1v) is 7.90. The third-order valence-electron chi connectivity index (χ3n) is 3.79. The van der Waals surface area contributed by atoms with E-state index in [1.807, 2.05) is 0 Å². The molecule has 0 aliphatic carbocycles. The van der Waals surface area contributed by atoms with Crippen molar-refractivity contribution in [1.82, 2.24) is 15.4 Å². The third kappa shape index (κ3) is 4.91. The van der Waals surface area contributed by atoms with E-state index in [4.69, 9.17) is 4.52 Å². The molecular formula is C16H29N3O. The summed E-state index contributed by atoms with van der Waals surface area (Å²) in [6.45, 7) is 14.1. The number of nitrogens with zero attached hydrogens (tertiary/aromatic N) is 2. The summed E-state index contributed by atoms with van der Waals surface area (Å²) in [6, 6.07) is 2.09. The second-order valence-corrected chi connectivity index (χ2v) is 6.95. The molecule has 0 saturated carbocycles. The number of hydrogen-bond donors (Lipinski definition) is 1. The first kappa shape index (κ1) is 15.5. The van der Waals surface area contributed by atoms with Crippen molar-refractivity contribution in [3.05, 3.63) is 17.5 Å². The van der Waals surface area contributed by atoms with Crippen LogP contribution >= 0.6 is 0 Å². The second-order valence-electron chi connectivity index (χ2n) is 6.95. The van der Waals surface area contributed by atoms with Gasteiger partial charge in [-0.25, -0.2) is 0 Å². The van der Waals surface area contributed by atoms with Gasteiger partial charge in [0.2, 0.25) is 0 Å². The highest BCUT2D eigenvalue weighted by atomic mass is 16.5. The zero-order valence-electron chi connectivity index (χ0n) is 13.4. The Labute approximate surface area is 122 Å². The maximum atomic E-state index is 5.46. The molecule has 2 unspecified atom stereocenters. The molecule has 0 radical (unpaired) electrons. The van der Waals surface area contributed by atoms with Crippen LogP contribution < -0.4 is 5.32 Å². The van der Waals surface area contributed by atoms with Crippen molar-refractivity contribution < 1.29 is 4.52 Å². The summed E-state index contributed by atoms with van der Waals surface area (Å²) in [4.78, 5) is 2.49. The lowest BCUT2D eigenvalue weighted by Crippen LogP contribution is -2.37. The number of rotatable bonds is 6. The fourth-order valence-electron chi connectivity index (χ4n) is 3.14. The summed E-state index contributed by atoms with van der Waals surface area (Å²) in [5, 5.41) is 7.55. The van der Waals surface area contributed by atoms with E-state index < -0.39 is 0 Å². The Morgan fingerprint density at radius 1 is 1.35 bits per heavy atom. The summed E-state index contributed by atoms with van der Waals surface area (Å²) in [5.74, 6) is 3.23. The Hall–Kier alpha value is -0.870. The summed E-state index contributed by atoms with van der Waals surface area (Å²) in [6.07, 6.45) is 1.34. The van der Waals surface area contributed by atoms with Crippen LogP contribution in [-0.4, -0.2) is 29.7 Å². The van der Waals surface area contributed by atoms with Crippen LogP contribution in [0.1, 0.15) is 45.6 Å². The maximum absolute atomic E-state index is 5.46. The summed E-state index contributed by atoms with van der Waals surface area (Å²) < 4.78 is 5.46. The van der Waals surface area contributed by atoms with Crippen molar-refractivity contribution in [1.29, 1.82) is 0 Å². The zero-order chi connectivity index (χ0) is 14.5. The molecule has 0 spiro atoms. The first-order chi connectivity index (χ1) is 9.52. The number of nitrogens with one attached hydrogen (secondary N) is 1. The van der Waals surface area contributed by atoms with E-state index in [0.29, 0.717) is 5.92 Å². The van der Waals surface area contributed by atoms with Gasteiger partial charge < -0.3 is 9.84 Å². The Kier molecular flexibility index (Phi) is 5.61. The normalized spacial score (nSPS) is 24.4. The monoisotopic (exact) mass is 279 g/mol. The Balaban J connectivity index is 1.80. The lowest BCUT2D eigenvalue weighted by Gasteiger charge is -2.34. The van der Waals surface area contributed by atoms with E-state index in [2.05, 4.69) is 49.1 Å². The molecule has 1 aliphatic rings. The second kappa shape index (κ2) is 7.23. The van der Waals surface area contributed by atoms with Gasteiger partial charge in [0.15, 0.2) is 5.76 Å². The highest BCUT2D eigenvalue weighted by Gasteiger charge is 2.22. The van der Waals surface area contributed by atoms with Gasteiger partial charge in [0, 0.05) is 25.7 Å². The van der Waals surface area contributed by atoms with Crippen LogP contribution in [0.4, 0.5) is 0 Å². The van der Waals surface area contributed by atoms with Crippen molar-refractivity contribution in [3.63, 3.8) is 0 Å². The van der Waals surface area contributed by atoms with Crippen molar-refractivity contribution >= 4 is 0 Å². The maximum Gasteiger partial charge on any atom is 0.151 e. The quantitative estimate of drug-likeness (QED) is 0.869. The predicted octanol–water partition coefficient (Wildman–Crippen LogP) is 2.90. The van der Waals surface area contributed by atoms with Gasteiger partial charge in [-0.3, -0.25) is 4.90 Å².